The minimum Gasteiger partial charge on any atom is -0.332 e. The maximum atomic E-state index is 12.8. The Hall–Kier alpha value is -3.15. The lowest BCUT2D eigenvalue weighted by Gasteiger charge is -2.19. The summed E-state index contributed by atoms with van der Waals surface area (Å²) in [6.45, 7) is 8.07. The van der Waals surface area contributed by atoms with Crippen LogP contribution in [0, 0.1) is 20.8 Å². The molecule has 0 spiro atoms. The third kappa shape index (κ3) is 4.31. The van der Waals surface area contributed by atoms with Gasteiger partial charge in [-0.2, -0.15) is 0 Å². The number of carbonyl (C=O) groups excluding carboxylic acids is 3. The molecule has 0 fully saturated rings. The molecule has 152 valence electrons. The molecule has 3 rings (SSSR count). The molecule has 29 heavy (non-hydrogen) atoms. The van der Waals surface area contributed by atoms with E-state index in [1.54, 1.807) is 18.0 Å². The van der Waals surface area contributed by atoms with Crippen LogP contribution in [0.5, 0.6) is 0 Å². The Morgan fingerprint density at radius 2 is 1.72 bits per heavy atom. The van der Waals surface area contributed by atoms with Crippen molar-refractivity contribution in [2.45, 2.75) is 34.1 Å². The number of likely N-dealkylation sites (N-methyl/N-ethyl adjacent to an activating group) is 1. The first-order chi connectivity index (χ1) is 13.7. The van der Waals surface area contributed by atoms with Gasteiger partial charge in [-0.15, -0.1) is 0 Å². The summed E-state index contributed by atoms with van der Waals surface area (Å²) in [6, 6.07) is 9.39. The van der Waals surface area contributed by atoms with Gasteiger partial charge in [-0.3, -0.25) is 14.4 Å². The molecule has 6 heteroatoms. The molecule has 0 saturated heterocycles. The van der Waals surface area contributed by atoms with Gasteiger partial charge in [0, 0.05) is 37.5 Å². The van der Waals surface area contributed by atoms with Crippen LogP contribution in [-0.2, 0) is 16.0 Å². The number of fused-ring (bicyclic) bond motifs is 1. The summed E-state index contributed by atoms with van der Waals surface area (Å²) in [7, 11) is 1.62. The molecule has 1 aliphatic rings. The van der Waals surface area contributed by atoms with Gasteiger partial charge in [-0.1, -0.05) is 17.7 Å². The van der Waals surface area contributed by atoms with Crippen molar-refractivity contribution in [2.24, 2.45) is 0 Å². The van der Waals surface area contributed by atoms with E-state index in [1.165, 1.54) is 11.8 Å². The average Bonchev–Trinajstić information content (AvgIpc) is 3.07. The van der Waals surface area contributed by atoms with Gasteiger partial charge in [0.1, 0.15) is 0 Å². The molecule has 3 amide bonds. The number of benzene rings is 2. The van der Waals surface area contributed by atoms with Gasteiger partial charge in [-0.25, -0.2) is 0 Å². The fourth-order valence-electron chi connectivity index (χ4n) is 3.93. The van der Waals surface area contributed by atoms with Crippen LogP contribution >= 0.6 is 0 Å². The van der Waals surface area contributed by atoms with Crippen LogP contribution in [0.2, 0.25) is 0 Å². The van der Waals surface area contributed by atoms with Gasteiger partial charge in [0.2, 0.25) is 11.8 Å². The fourth-order valence-corrected chi connectivity index (χ4v) is 3.93. The molecule has 1 N–H and O–H groups in total. The lowest BCUT2D eigenvalue weighted by Crippen LogP contribution is -2.35. The molecular formula is C23H27N3O3. The van der Waals surface area contributed by atoms with Gasteiger partial charge < -0.3 is 15.1 Å². The molecule has 0 atom stereocenters. The SMILES string of the molecule is CC(=O)N1CCc2cc(C(=O)N(C)CC(=O)Nc3c(C)cc(C)cc3C)ccc21. The Morgan fingerprint density at radius 3 is 2.34 bits per heavy atom. The molecule has 1 aliphatic heterocycles. The molecular weight excluding hydrogens is 366 g/mol. The van der Waals surface area contributed by atoms with E-state index in [9.17, 15) is 14.4 Å². The molecule has 0 aromatic heterocycles. The zero-order valence-corrected chi connectivity index (χ0v) is 17.6. The monoisotopic (exact) mass is 393 g/mol. The van der Waals surface area contributed by atoms with Gasteiger partial charge in [-0.05, 0) is 62.1 Å². The second-order valence-electron chi connectivity index (χ2n) is 7.75. The molecule has 2 aromatic rings. The number of hydrogen-bond donors (Lipinski definition) is 1. The lowest BCUT2D eigenvalue weighted by atomic mass is 10.1. The largest absolute Gasteiger partial charge is 0.332 e. The number of nitrogens with one attached hydrogen (secondary N) is 1. The molecule has 0 unspecified atom stereocenters. The first-order valence-corrected chi connectivity index (χ1v) is 9.71. The van der Waals surface area contributed by atoms with E-state index in [0.717, 1.165) is 40.0 Å². The van der Waals surface area contributed by atoms with Crippen molar-refractivity contribution in [3.63, 3.8) is 0 Å². The third-order valence-corrected chi connectivity index (χ3v) is 5.27. The average molecular weight is 393 g/mol. The molecule has 0 radical (unpaired) electrons. The summed E-state index contributed by atoms with van der Waals surface area (Å²) in [6.07, 6.45) is 0.728. The van der Waals surface area contributed by atoms with Crippen molar-refractivity contribution >= 4 is 29.1 Å². The zero-order valence-electron chi connectivity index (χ0n) is 17.6. The number of anilines is 2. The predicted molar refractivity (Wildman–Crippen MR) is 114 cm³/mol. The maximum Gasteiger partial charge on any atom is 0.254 e. The maximum absolute atomic E-state index is 12.8. The quantitative estimate of drug-likeness (QED) is 0.867. The Morgan fingerprint density at radius 1 is 1.07 bits per heavy atom. The van der Waals surface area contributed by atoms with Crippen LogP contribution in [0.25, 0.3) is 0 Å². The van der Waals surface area contributed by atoms with E-state index < -0.39 is 0 Å². The highest BCUT2D eigenvalue weighted by Gasteiger charge is 2.24. The first kappa shape index (κ1) is 20.6. The summed E-state index contributed by atoms with van der Waals surface area (Å²) in [5.41, 5.74) is 6.30. The van der Waals surface area contributed by atoms with E-state index in [4.69, 9.17) is 0 Å². The van der Waals surface area contributed by atoms with Crippen LogP contribution in [0.1, 0.15) is 39.5 Å². The second kappa shape index (κ2) is 8.07. The summed E-state index contributed by atoms with van der Waals surface area (Å²) < 4.78 is 0. The van der Waals surface area contributed by atoms with E-state index >= 15 is 0 Å². The van der Waals surface area contributed by atoms with Crippen molar-refractivity contribution in [1.29, 1.82) is 0 Å². The fraction of sp³-hybridized carbons (Fsp3) is 0.348. The number of amides is 3. The number of nitrogens with zero attached hydrogens (tertiary/aromatic N) is 2. The van der Waals surface area contributed by atoms with Crippen molar-refractivity contribution in [1.82, 2.24) is 4.90 Å². The first-order valence-electron chi connectivity index (χ1n) is 9.71. The topological polar surface area (TPSA) is 69.7 Å². The van der Waals surface area contributed by atoms with E-state index in [2.05, 4.69) is 5.32 Å². The second-order valence-corrected chi connectivity index (χ2v) is 7.75. The van der Waals surface area contributed by atoms with Crippen LogP contribution in [0.15, 0.2) is 30.3 Å². The molecule has 0 bridgehead atoms. The smallest absolute Gasteiger partial charge is 0.254 e. The van der Waals surface area contributed by atoms with Crippen LogP contribution < -0.4 is 10.2 Å². The molecule has 1 heterocycles. The van der Waals surface area contributed by atoms with Gasteiger partial charge in [0.05, 0.1) is 6.54 Å². The van der Waals surface area contributed by atoms with Gasteiger partial charge >= 0.3 is 0 Å². The number of carbonyl (C=O) groups is 3. The Labute approximate surface area is 171 Å². The highest BCUT2D eigenvalue weighted by Crippen LogP contribution is 2.29. The standard InChI is InChI=1S/C23H27N3O3/c1-14-10-15(2)22(16(3)11-14)24-21(28)13-25(5)23(29)19-6-7-20-18(12-19)8-9-26(20)17(4)27/h6-7,10-12H,8-9,13H2,1-5H3,(H,24,28). The molecule has 6 nitrogen and oxygen atoms in total. The van der Waals surface area contributed by atoms with Crippen molar-refractivity contribution < 1.29 is 14.4 Å². The summed E-state index contributed by atoms with van der Waals surface area (Å²) in [5.74, 6) is -0.459. The Balaban J connectivity index is 1.68. The van der Waals surface area contributed by atoms with Crippen molar-refractivity contribution in [3.05, 3.63) is 58.1 Å². The van der Waals surface area contributed by atoms with Crippen LogP contribution in [0.3, 0.4) is 0 Å². The molecule has 0 saturated carbocycles. The zero-order chi connectivity index (χ0) is 21.3. The van der Waals surface area contributed by atoms with Gasteiger partial charge in [0.15, 0.2) is 0 Å². The minimum absolute atomic E-state index is 0.00157. The van der Waals surface area contributed by atoms with E-state index in [0.29, 0.717) is 12.1 Å². The Kier molecular flexibility index (Phi) is 5.73. The minimum atomic E-state index is -0.236. The normalized spacial score (nSPS) is 12.5. The Bertz CT molecular complexity index is 974. The van der Waals surface area contributed by atoms with Crippen LogP contribution in [0.4, 0.5) is 11.4 Å². The highest BCUT2D eigenvalue weighted by molar-refractivity contribution is 6.01. The van der Waals surface area contributed by atoms with E-state index in [1.807, 2.05) is 45.0 Å². The van der Waals surface area contributed by atoms with Crippen molar-refractivity contribution in [2.75, 3.05) is 30.4 Å². The lowest BCUT2D eigenvalue weighted by molar-refractivity contribution is -0.117. The highest BCUT2D eigenvalue weighted by atomic mass is 16.2. The molecule has 2 aromatic carbocycles. The number of aryl methyl sites for hydroxylation is 3. The summed E-state index contributed by atoms with van der Waals surface area (Å²) >= 11 is 0. The summed E-state index contributed by atoms with van der Waals surface area (Å²) in [5, 5.41) is 2.93. The number of rotatable bonds is 4. The summed E-state index contributed by atoms with van der Waals surface area (Å²) in [4.78, 5) is 40.1. The third-order valence-electron chi connectivity index (χ3n) is 5.27. The van der Waals surface area contributed by atoms with Crippen molar-refractivity contribution in [3.8, 4) is 0 Å². The predicted octanol–water partition coefficient (Wildman–Crippen LogP) is 3.23. The van der Waals surface area contributed by atoms with E-state index in [-0.39, 0.29) is 24.3 Å². The van der Waals surface area contributed by atoms with Crippen LogP contribution in [-0.4, -0.2) is 42.8 Å². The molecule has 0 aliphatic carbocycles. The van der Waals surface area contributed by atoms with Gasteiger partial charge in [0.25, 0.3) is 5.91 Å². The number of hydrogen-bond acceptors (Lipinski definition) is 3.